The minimum absolute atomic E-state index is 0.287. The molecule has 1 heterocycles. The number of likely N-dealkylation sites (tertiary alicyclic amines) is 1. The molecular formula is C13H26ClN3O3. The largest absolute Gasteiger partial charge is 0.359 e. The second-order valence-electron chi connectivity index (χ2n) is 4.98. The maximum atomic E-state index is 11.3. The topological polar surface area (TPSA) is 68.0 Å². The van der Waals surface area contributed by atoms with Gasteiger partial charge < -0.3 is 25.0 Å². The quantitative estimate of drug-likeness (QED) is 0.511. The van der Waals surface area contributed by atoms with E-state index in [0.717, 1.165) is 38.9 Å². The number of carbonyl (C=O) groups excluding carboxylic acids is 1. The molecule has 2 amide bonds. The lowest BCUT2D eigenvalue weighted by atomic mass is 10.1. The Morgan fingerprint density at radius 1 is 1.40 bits per heavy atom. The summed E-state index contributed by atoms with van der Waals surface area (Å²) in [7, 11) is 1.63. The number of nitrogens with two attached hydrogens (primary N) is 1. The number of methoxy groups -OCH3 is 1. The Morgan fingerprint density at radius 3 is 2.65 bits per heavy atom. The van der Waals surface area contributed by atoms with Crippen molar-refractivity contribution in [3.05, 3.63) is 0 Å². The van der Waals surface area contributed by atoms with E-state index < -0.39 is 0 Å². The number of ether oxygens (including phenoxy) is 2. The van der Waals surface area contributed by atoms with Gasteiger partial charge in [-0.05, 0) is 19.3 Å². The van der Waals surface area contributed by atoms with E-state index in [1.165, 1.54) is 0 Å². The van der Waals surface area contributed by atoms with Gasteiger partial charge in [0.25, 0.3) is 0 Å². The number of urea groups is 1. The van der Waals surface area contributed by atoms with Gasteiger partial charge in [-0.25, -0.2) is 4.79 Å². The highest BCUT2D eigenvalue weighted by atomic mass is 35.5. The zero-order chi connectivity index (χ0) is 14.8. The van der Waals surface area contributed by atoms with Gasteiger partial charge in [-0.15, -0.1) is 11.6 Å². The highest BCUT2D eigenvalue weighted by molar-refractivity contribution is 6.17. The molecule has 1 saturated heterocycles. The fourth-order valence-electron chi connectivity index (χ4n) is 2.31. The average Bonchev–Trinajstić information content (AvgIpc) is 2.46. The van der Waals surface area contributed by atoms with Crippen LogP contribution in [0, 0.1) is 0 Å². The molecule has 20 heavy (non-hydrogen) atoms. The summed E-state index contributed by atoms with van der Waals surface area (Å²) in [5.74, 6) is 0.548. The molecule has 1 fully saturated rings. The predicted molar refractivity (Wildman–Crippen MR) is 78.9 cm³/mol. The average molecular weight is 308 g/mol. The molecule has 0 aromatic carbocycles. The Morgan fingerprint density at radius 2 is 2.10 bits per heavy atom. The van der Waals surface area contributed by atoms with E-state index in [1.807, 2.05) is 0 Å². The molecule has 0 atom stereocenters. The third-order valence-corrected chi connectivity index (χ3v) is 3.78. The van der Waals surface area contributed by atoms with Gasteiger partial charge in [0.05, 0.1) is 6.10 Å². The van der Waals surface area contributed by atoms with Crippen LogP contribution in [0.5, 0.6) is 0 Å². The Labute approximate surface area is 126 Å². The first-order valence-corrected chi connectivity index (χ1v) is 7.64. The molecule has 0 radical (unpaired) electrons. The first-order valence-electron chi connectivity index (χ1n) is 7.10. The van der Waals surface area contributed by atoms with E-state index in [-0.39, 0.29) is 12.1 Å². The Kier molecular flexibility index (Phi) is 8.93. The van der Waals surface area contributed by atoms with E-state index in [9.17, 15) is 4.79 Å². The zero-order valence-corrected chi connectivity index (χ0v) is 13.0. The molecule has 1 aliphatic rings. The highest BCUT2D eigenvalue weighted by Gasteiger charge is 2.20. The van der Waals surface area contributed by atoms with Crippen molar-refractivity contribution < 1.29 is 14.3 Å². The van der Waals surface area contributed by atoms with Crippen LogP contribution in [0.2, 0.25) is 0 Å². The summed E-state index contributed by atoms with van der Waals surface area (Å²) in [4.78, 5) is 15.3. The lowest BCUT2D eigenvalue weighted by molar-refractivity contribution is -0.0887. The first kappa shape index (κ1) is 17.5. The summed E-state index contributed by atoms with van der Waals surface area (Å²) in [6.07, 6.45) is 3.07. The van der Waals surface area contributed by atoms with Crippen LogP contribution in [0.3, 0.4) is 0 Å². The Bertz CT molecular complexity index is 274. The third-order valence-electron chi connectivity index (χ3n) is 3.52. The number of halogens is 1. The fourth-order valence-corrected chi connectivity index (χ4v) is 2.43. The molecule has 0 aliphatic carbocycles. The summed E-state index contributed by atoms with van der Waals surface area (Å²) >= 11 is 5.64. The van der Waals surface area contributed by atoms with Gasteiger partial charge >= 0.3 is 6.03 Å². The predicted octanol–water partition coefficient (Wildman–Crippen LogP) is 1.08. The van der Waals surface area contributed by atoms with Gasteiger partial charge in [0.1, 0.15) is 6.79 Å². The first-order chi connectivity index (χ1) is 9.67. The van der Waals surface area contributed by atoms with Gasteiger partial charge in [0.15, 0.2) is 0 Å². The monoisotopic (exact) mass is 307 g/mol. The third kappa shape index (κ3) is 6.74. The van der Waals surface area contributed by atoms with Crippen LogP contribution >= 0.6 is 11.6 Å². The van der Waals surface area contributed by atoms with Crippen LogP contribution in [0.25, 0.3) is 0 Å². The Balaban J connectivity index is 2.20. The van der Waals surface area contributed by atoms with E-state index in [0.29, 0.717) is 25.8 Å². The molecule has 6 nitrogen and oxygen atoms in total. The maximum Gasteiger partial charge on any atom is 0.314 e. The summed E-state index contributed by atoms with van der Waals surface area (Å²) in [6.45, 7) is 4.47. The second-order valence-corrected chi connectivity index (χ2v) is 5.36. The van der Waals surface area contributed by atoms with Crippen molar-refractivity contribution in [3.63, 3.8) is 0 Å². The molecule has 1 rings (SSSR count). The molecule has 118 valence electrons. The number of hydrogen-bond donors (Lipinski definition) is 1. The molecule has 0 bridgehead atoms. The smallest absolute Gasteiger partial charge is 0.314 e. The number of carbonyl (C=O) groups is 1. The van der Waals surface area contributed by atoms with Crippen molar-refractivity contribution >= 4 is 17.6 Å². The SMILES string of the molecule is COCOC1CCN(CCN(CCCCl)C(N)=O)CC1. The summed E-state index contributed by atoms with van der Waals surface area (Å²) < 4.78 is 10.5. The normalized spacial score (nSPS) is 17.3. The summed E-state index contributed by atoms with van der Waals surface area (Å²) in [5, 5.41) is 0. The molecule has 0 saturated carbocycles. The lowest BCUT2D eigenvalue weighted by Gasteiger charge is -2.33. The van der Waals surface area contributed by atoms with Crippen molar-refractivity contribution in [1.82, 2.24) is 9.80 Å². The minimum atomic E-state index is -0.367. The lowest BCUT2D eigenvalue weighted by Crippen LogP contribution is -2.45. The summed E-state index contributed by atoms with van der Waals surface area (Å²) in [5.41, 5.74) is 5.36. The number of rotatable bonds is 9. The molecule has 0 aromatic heterocycles. The van der Waals surface area contributed by atoms with Crippen molar-refractivity contribution in [2.24, 2.45) is 5.73 Å². The highest BCUT2D eigenvalue weighted by Crippen LogP contribution is 2.13. The van der Waals surface area contributed by atoms with Gasteiger partial charge in [-0.3, -0.25) is 0 Å². The Hall–Kier alpha value is -0.560. The molecule has 2 N–H and O–H groups in total. The van der Waals surface area contributed by atoms with E-state index >= 15 is 0 Å². The van der Waals surface area contributed by atoms with E-state index in [2.05, 4.69) is 4.90 Å². The summed E-state index contributed by atoms with van der Waals surface area (Å²) in [6, 6.07) is -0.367. The standard InChI is InChI=1S/C13H26ClN3O3/c1-19-11-20-12-3-7-16(8-4-12)9-10-17(13(15)18)6-2-5-14/h12H,2-11H2,1H3,(H2,15,18). The molecule has 0 unspecified atom stereocenters. The van der Waals surface area contributed by atoms with Crippen molar-refractivity contribution in [2.45, 2.75) is 25.4 Å². The second kappa shape index (κ2) is 10.2. The number of hydrogen-bond acceptors (Lipinski definition) is 4. The van der Waals surface area contributed by atoms with Crippen LogP contribution in [-0.2, 0) is 9.47 Å². The zero-order valence-electron chi connectivity index (χ0n) is 12.2. The van der Waals surface area contributed by atoms with Crippen molar-refractivity contribution in [2.75, 3.05) is 52.5 Å². The molecule has 0 aromatic rings. The minimum Gasteiger partial charge on any atom is -0.359 e. The number of piperidine rings is 1. The number of primary amides is 1. The molecule has 7 heteroatoms. The van der Waals surface area contributed by atoms with Crippen LogP contribution in [0.4, 0.5) is 4.79 Å². The van der Waals surface area contributed by atoms with Crippen molar-refractivity contribution in [3.8, 4) is 0 Å². The van der Waals surface area contributed by atoms with Crippen LogP contribution < -0.4 is 5.73 Å². The van der Waals surface area contributed by atoms with E-state index in [4.69, 9.17) is 26.8 Å². The molecule has 0 spiro atoms. The van der Waals surface area contributed by atoms with Crippen LogP contribution in [0.1, 0.15) is 19.3 Å². The van der Waals surface area contributed by atoms with Crippen LogP contribution in [0.15, 0.2) is 0 Å². The number of alkyl halides is 1. The molecule has 1 aliphatic heterocycles. The van der Waals surface area contributed by atoms with Crippen LogP contribution in [-0.4, -0.2) is 74.4 Å². The number of amides is 2. The van der Waals surface area contributed by atoms with Crippen molar-refractivity contribution in [1.29, 1.82) is 0 Å². The maximum absolute atomic E-state index is 11.3. The van der Waals surface area contributed by atoms with Gasteiger partial charge in [-0.2, -0.15) is 0 Å². The van der Waals surface area contributed by atoms with Gasteiger partial charge in [0.2, 0.25) is 0 Å². The molecular weight excluding hydrogens is 282 g/mol. The van der Waals surface area contributed by atoms with Gasteiger partial charge in [-0.1, -0.05) is 0 Å². The van der Waals surface area contributed by atoms with Gasteiger partial charge in [0, 0.05) is 45.7 Å². The number of nitrogens with zero attached hydrogens (tertiary/aromatic N) is 2. The fraction of sp³-hybridized carbons (Fsp3) is 0.923. The van der Waals surface area contributed by atoms with E-state index in [1.54, 1.807) is 12.0 Å².